The number of nitro groups is 1. The molecule has 0 bridgehead atoms. The monoisotopic (exact) mass is 263 g/mol. The van der Waals surface area contributed by atoms with Gasteiger partial charge in [0.1, 0.15) is 0 Å². The van der Waals surface area contributed by atoms with E-state index in [1.807, 2.05) is 25.3 Å². The van der Waals surface area contributed by atoms with Crippen molar-refractivity contribution >= 4 is 16.3 Å². The van der Waals surface area contributed by atoms with Gasteiger partial charge in [0.25, 0.3) is 0 Å². The lowest BCUT2D eigenvalue weighted by molar-refractivity contribution is -0.380. The molecular formula is C12H13N3O2S. The van der Waals surface area contributed by atoms with E-state index in [1.165, 1.54) is 17.4 Å². The number of aromatic nitrogens is 1. The third-order valence-corrected chi connectivity index (χ3v) is 3.63. The van der Waals surface area contributed by atoms with Crippen molar-refractivity contribution < 1.29 is 4.92 Å². The molecule has 2 aromatic rings. The molecule has 0 aliphatic rings. The lowest BCUT2D eigenvalue weighted by Gasteiger charge is -2.12. The van der Waals surface area contributed by atoms with Gasteiger partial charge in [-0.1, -0.05) is 17.4 Å². The zero-order valence-electron chi connectivity index (χ0n) is 9.87. The van der Waals surface area contributed by atoms with Crippen molar-refractivity contribution in [2.45, 2.75) is 19.5 Å². The number of hydrogen-bond acceptors (Lipinski definition) is 5. The zero-order chi connectivity index (χ0) is 13.0. The quantitative estimate of drug-likeness (QED) is 0.665. The van der Waals surface area contributed by atoms with Crippen LogP contribution in [-0.4, -0.2) is 9.91 Å². The van der Waals surface area contributed by atoms with E-state index in [4.69, 9.17) is 0 Å². The van der Waals surface area contributed by atoms with E-state index in [-0.39, 0.29) is 16.0 Å². The van der Waals surface area contributed by atoms with Crippen molar-refractivity contribution in [2.75, 3.05) is 0 Å². The molecule has 0 aliphatic carbocycles. The fourth-order valence-corrected chi connectivity index (χ4v) is 2.33. The first-order valence-corrected chi connectivity index (χ1v) is 6.35. The average molecular weight is 263 g/mol. The predicted octanol–water partition coefficient (Wildman–Crippen LogP) is 2.90. The van der Waals surface area contributed by atoms with Crippen LogP contribution >= 0.6 is 11.3 Å². The highest BCUT2D eigenvalue weighted by Gasteiger charge is 2.10. The summed E-state index contributed by atoms with van der Waals surface area (Å²) in [6.07, 6.45) is 3.55. The Hall–Kier alpha value is -1.79. The molecule has 0 aliphatic heterocycles. The van der Waals surface area contributed by atoms with E-state index in [0.717, 1.165) is 10.4 Å². The molecule has 0 radical (unpaired) electrons. The molecule has 2 rings (SSSR count). The third kappa shape index (κ3) is 3.12. The average Bonchev–Trinajstić information content (AvgIpc) is 2.86. The summed E-state index contributed by atoms with van der Waals surface area (Å²) in [7, 11) is 0. The van der Waals surface area contributed by atoms with E-state index in [2.05, 4.69) is 10.3 Å². The molecule has 0 unspecified atom stereocenters. The molecule has 2 heterocycles. The fraction of sp³-hybridized carbons (Fsp3) is 0.250. The van der Waals surface area contributed by atoms with Crippen molar-refractivity contribution in [2.24, 2.45) is 0 Å². The highest BCUT2D eigenvalue weighted by molar-refractivity contribution is 7.15. The molecular weight excluding hydrogens is 250 g/mol. The first kappa shape index (κ1) is 12.7. The molecule has 0 amide bonds. The first-order valence-electron chi connectivity index (χ1n) is 5.53. The fourth-order valence-electron chi connectivity index (χ4n) is 1.56. The van der Waals surface area contributed by atoms with E-state index in [0.29, 0.717) is 6.54 Å². The number of pyridine rings is 1. The summed E-state index contributed by atoms with van der Waals surface area (Å²) in [6.45, 7) is 2.66. The second-order valence-electron chi connectivity index (χ2n) is 3.89. The van der Waals surface area contributed by atoms with Crippen LogP contribution in [0.5, 0.6) is 0 Å². The van der Waals surface area contributed by atoms with Gasteiger partial charge in [-0.2, -0.15) is 0 Å². The van der Waals surface area contributed by atoms with Crippen LogP contribution in [0.3, 0.4) is 0 Å². The van der Waals surface area contributed by atoms with E-state index in [9.17, 15) is 10.1 Å². The lowest BCUT2D eigenvalue weighted by atomic mass is 10.1. The molecule has 94 valence electrons. The van der Waals surface area contributed by atoms with Gasteiger partial charge in [-0.25, -0.2) is 0 Å². The summed E-state index contributed by atoms with van der Waals surface area (Å²) in [6, 6.07) is 7.38. The molecule has 2 aromatic heterocycles. The minimum Gasteiger partial charge on any atom is -0.305 e. The van der Waals surface area contributed by atoms with Gasteiger partial charge in [0.2, 0.25) is 0 Å². The Morgan fingerprint density at radius 2 is 2.33 bits per heavy atom. The Morgan fingerprint density at radius 3 is 2.94 bits per heavy atom. The maximum Gasteiger partial charge on any atom is 0.324 e. The molecule has 0 saturated carbocycles. The third-order valence-electron chi connectivity index (χ3n) is 2.59. The maximum absolute atomic E-state index is 10.6. The number of thiophene rings is 1. The number of hydrogen-bond donors (Lipinski definition) is 1. The standard InChI is InChI=1S/C12H13N3O2S/c1-9(10-3-2-6-13-7-10)14-8-11-4-5-12(18-11)15(16)17/h2-7,9,14H,8H2,1H3/t9-/m0/s1. The number of rotatable bonds is 5. The summed E-state index contributed by atoms with van der Waals surface area (Å²) >= 11 is 1.20. The first-order chi connectivity index (χ1) is 8.66. The Bertz CT molecular complexity index is 527. The van der Waals surface area contributed by atoms with Gasteiger partial charge in [-0.3, -0.25) is 15.1 Å². The summed E-state index contributed by atoms with van der Waals surface area (Å²) < 4.78 is 0. The van der Waals surface area contributed by atoms with Crippen molar-refractivity contribution in [3.8, 4) is 0 Å². The van der Waals surface area contributed by atoms with E-state index >= 15 is 0 Å². The van der Waals surface area contributed by atoms with Gasteiger partial charge < -0.3 is 5.32 Å². The lowest BCUT2D eigenvalue weighted by Crippen LogP contribution is -2.17. The van der Waals surface area contributed by atoms with Crippen LogP contribution in [0, 0.1) is 10.1 Å². The van der Waals surface area contributed by atoms with E-state index < -0.39 is 0 Å². The Morgan fingerprint density at radius 1 is 1.50 bits per heavy atom. The van der Waals surface area contributed by atoms with Gasteiger partial charge in [0.15, 0.2) is 0 Å². The van der Waals surface area contributed by atoms with Gasteiger partial charge in [0.05, 0.1) is 4.92 Å². The van der Waals surface area contributed by atoms with Crippen LogP contribution in [0.15, 0.2) is 36.7 Å². The Balaban J connectivity index is 1.93. The highest BCUT2D eigenvalue weighted by atomic mass is 32.1. The van der Waals surface area contributed by atoms with Crippen LogP contribution in [0.4, 0.5) is 5.00 Å². The Labute approximate surface area is 109 Å². The molecule has 0 fully saturated rings. The Kier molecular flexibility index (Phi) is 4.01. The molecule has 6 heteroatoms. The summed E-state index contributed by atoms with van der Waals surface area (Å²) in [5, 5.41) is 14.1. The molecule has 5 nitrogen and oxygen atoms in total. The maximum atomic E-state index is 10.6. The molecule has 0 spiro atoms. The molecule has 18 heavy (non-hydrogen) atoms. The van der Waals surface area contributed by atoms with Crippen molar-refractivity contribution in [3.05, 3.63) is 57.2 Å². The highest BCUT2D eigenvalue weighted by Crippen LogP contribution is 2.24. The second kappa shape index (κ2) is 5.70. The van der Waals surface area contributed by atoms with Gasteiger partial charge >= 0.3 is 5.00 Å². The van der Waals surface area contributed by atoms with Gasteiger partial charge in [0, 0.05) is 35.9 Å². The van der Waals surface area contributed by atoms with E-state index in [1.54, 1.807) is 12.3 Å². The molecule has 0 saturated heterocycles. The van der Waals surface area contributed by atoms with Gasteiger partial charge in [-0.15, -0.1) is 0 Å². The normalized spacial score (nSPS) is 12.3. The minimum atomic E-state index is -0.362. The second-order valence-corrected chi connectivity index (χ2v) is 5.03. The SMILES string of the molecule is C[C@H](NCc1ccc([N+](=O)[O-])s1)c1cccnc1. The van der Waals surface area contributed by atoms with Crippen LogP contribution in [-0.2, 0) is 6.54 Å². The van der Waals surface area contributed by atoms with Crippen LogP contribution in [0.1, 0.15) is 23.4 Å². The largest absolute Gasteiger partial charge is 0.324 e. The van der Waals surface area contributed by atoms with Gasteiger partial charge in [-0.05, 0) is 24.6 Å². The molecule has 1 atom stereocenters. The van der Waals surface area contributed by atoms with Crippen molar-refractivity contribution in [1.82, 2.24) is 10.3 Å². The molecule has 0 aromatic carbocycles. The number of nitrogens with zero attached hydrogens (tertiary/aromatic N) is 2. The van der Waals surface area contributed by atoms with Crippen LogP contribution in [0.25, 0.3) is 0 Å². The topological polar surface area (TPSA) is 68.1 Å². The zero-order valence-corrected chi connectivity index (χ0v) is 10.7. The summed E-state index contributed by atoms with van der Waals surface area (Å²) in [5.74, 6) is 0. The predicted molar refractivity (Wildman–Crippen MR) is 70.5 cm³/mol. The van der Waals surface area contributed by atoms with Crippen molar-refractivity contribution in [3.63, 3.8) is 0 Å². The summed E-state index contributed by atoms with van der Waals surface area (Å²) in [5.41, 5.74) is 1.10. The van der Waals surface area contributed by atoms with Crippen LogP contribution in [0.2, 0.25) is 0 Å². The minimum absolute atomic E-state index is 0.167. The summed E-state index contributed by atoms with van der Waals surface area (Å²) in [4.78, 5) is 15.2. The molecule has 1 N–H and O–H groups in total. The number of nitrogens with one attached hydrogen (secondary N) is 1. The van der Waals surface area contributed by atoms with Crippen LogP contribution < -0.4 is 5.32 Å². The smallest absolute Gasteiger partial charge is 0.305 e. The van der Waals surface area contributed by atoms with Crippen molar-refractivity contribution in [1.29, 1.82) is 0 Å².